The van der Waals surface area contributed by atoms with E-state index in [-0.39, 0.29) is 12.5 Å². The number of hydrogen-bond acceptors (Lipinski definition) is 4. The van der Waals surface area contributed by atoms with Crippen molar-refractivity contribution in [2.45, 2.75) is 19.5 Å². The van der Waals surface area contributed by atoms with Crippen LogP contribution in [-0.2, 0) is 18.4 Å². The molecule has 1 N–H and O–H groups in total. The first kappa shape index (κ1) is 16.1. The van der Waals surface area contributed by atoms with Crippen LogP contribution in [0.5, 0.6) is 0 Å². The number of oxazole rings is 1. The normalized spacial score (nSPS) is 12.5. The number of nitrogens with one attached hydrogen (secondary N) is 1. The van der Waals surface area contributed by atoms with Crippen LogP contribution in [0.2, 0.25) is 0 Å². The summed E-state index contributed by atoms with van der Waals surface area (Å²) in [6.07, 6.45) is 0. The molecule has 7 heteroatoms. The molecule has 2 aromatic heterocycles. The van der Waals surface area contributed by atoms with Crippen LogP contribution in [0, 0.1) is 0 Å². The topological polar surface area (TPSA) is 82.1 Å². The number of aromatic nitrogens is 3. The lowest BCUT2D eigenvalue weighted by atomic mass is 10.2. The van der Waals surface area contributed by atoms with Crippen LogP contribution in [0.1, 0.15) is 18.8 Å². The fourth-order valence-corrected chi connectivity index (χ4v) is 3.14. The Labute approximate surface area is 148 Å². The molecule has 0 fully saturated rings. The van der Waals surface area contributed by atoms with E-state index < -0.39 is 11.8 Å². The third kappa shape index (κ3) is 2.57. The van der Waals surface area contributed by atoms with Crippen molar-refractivity contribution < 1.29 is 9.21 Å². The number of benzene rings is 2. The summed E-state index contributed by atoms with van der Waals surface area (Å²) in [5.41, 5.74) is 2.95. The Morgan fingerprint density at radius 3 is 2.62 bits per heavy atom. The average molecular weight is 350 g/mol. The highest BCUT2D eigenvalue weighted by Crippen LogP contribution is 2.17. The van der Waals surface area contributed by atoms with E-state index in [0.29, 0.717) is 11.1 Å². The molecule has 0 saturated carbocycles. The van der Waals surface area contributed by atoms with E-state index in [1.54, 1.807) is 31.2 Å². The van der Waals surface area contributed by atoms with E-state index in [4.69, 9.17) is 4.42 Å². The maximum atomic E-state index is 12.6. The van der Waals surface area contributed by atoms with Gasteiger partial charge in [0.05, 0.1) is 23.1 Å². The Bertz CT molecular complexity index is 1170. The molecule has 0 aliphatic heterocycles. The summed E-state index contributed by atoms with van der Waals surface area (Å²) in [5, 5.41) is 2.86. The summed E-state index contributed by atoms with van der Waals surface area (Å²) in [4.78, 5) is 29.3. The highest BCUT2D eigenvalue weighted by Gasteiger charge is 2.21. The number of aryl methyl sites for hydroxylation is 1. The van der Waals surface area contributed by atoms with Crippen molar-refractivity contribution in [2.24, 2.45) is 7.05 Å². The molecule has 2 heterocycles. The Balaban J connectivity index is 1.56. The van der Waals surface area contributed by atoms with Gasteiger partial charge in [0.25, 0.3) is 0 Å². The predicted molar refractivity (Wildman–Crippen MR) is 97.7 cm³/mol. The minimum absolute atomic E-state index is 0.272. The predicted octanol–water partition coefficient (Wildman–Crippen LogP) is 2.36. The Kier molecular flexibility index (Phi) is 3.84. The molecule has 1 atom stereocenters. The molecule has 7 nitrogen and oxygen atoms in total. The van der Waals surface area contributed by atoms with Gasteiger partial charge in [0.1, 0.15) is 11.9 Å². The third-order valence-corrected chi connectivity index (χ3v) is 4.59. The van der Waals surface area contributed by atoms with Gasteiger partial charge in [-0.3, -0.25) is 9.36 Å². The Hall–Kier alpha value is -3.35. The van der Waals surface area contributed by atoms with Gasteiger partial charge in [0.2, 0.25) is 5.91 Å². The van der Waals surface area contributed by atoms with Gasteiger partial charge in [-0.05, 0) is 31.2 Å². The minimum Gasteiger partial charge on any atom is -0.408 e. The second-order valence-corrected chi connectivity index (χ2v) is 6.18. The van der Waals surface area contributed by atoms with E-state index in [1.807, 2.05) is 35.9 Å². The monoisotopic (exact) mass is 350 g/mol. The van der Waals surface area contributed by atoms with Gasteiger partial charge in [0.15, 0.2) is 5.58 Å². The first-order valence-corrected chi connectivity index (χ1v) is 8.34. The van der Waals surface area contributed by atoms with Crippen LogP contribution in [0.3, 0.4) is 0 Å². The van der Waals surface area contributed by atoms with E-state index in [2.05, 4.69) is 10.3 Å². The lowest BCUT2D eigenvalue weighted by molar-refractivity contribution is -0.124. The Morgan fingerprint density at radius 2 is 1.85 bits per heavy atom. The van der Waals surface area contributed by atoms with Crippen molar-refractivity contribution in [3.05, 3.63) is 64.9 Å². The molecular formula is C19H18N4O3. The highest BCUT2D eigenvalue weighted by atomic mass is 16.4. The zero-order chi connectivity index (χ0) is 18.3. The van der Waals surface area contributed by atoms with E-state index in [1.165, 1.54) is 4.57 Å². The quantitative estimate of drug-likeness (QED) is 0.612. The molecule has 0 radical (unpaired) electrons. The first-order chi connectivity index (χ1) is 12.6. The van der Waals surface area contributed by atoms with Gasteiger partial charge in [-0.1, -0.05) is 24.3 Å². The van der Waals surface area contributed by atoms with E-state index in [9.17, 15) is 9.59 Å². The van der Waals surface area contributed by atoms with Crippen LogP contribution in [-0.4, -0.2) is 20.0 Å². The largest absolute Gasteiger partial charge is 0.420 e. The SMILES string of the molecule is CC(C(=O)NCc1nc2ccccc2n1C)n1c(=O)oc2ccccc21. The minimum atomic E-state index is -0.694. The van der Waals surface area contributed by atoms with Crippen molar-refractivity contribution >= 4 is 28.0 Å². The maximum absolute atomic E-state index is 12.6. The van der Waals surface area contributed by atoms with Gasteiger partial charge >= 0.3 is 5.76 Å². The third-order valence-electron chi connectivity index (χ3n) is 4.59. The second-order valence-electron chi connectivity index (χ2n) is 6.18. The molecular weight excluding hydrogens is 332 g/mol. The lowest BCUT2D eigenvalue weighted by Crippen LogP contribution is -2.34. The number of rotatable bonds is 4. The molecule has 0 aliphatic carbocycles. The average Bonchev–Trinajstić information content (AvgIpc) is 3.15. The van der Waals surface area contributed by atoms with Crippen LogP contribution in [0.15, 0.2) is 57.7 Å². The summed E-state index contributed by atoms with van der Waals surface area (Å²) >= 11 is 0. The molecule has 132 valence electrons. The molecule has 2 aromatic carbocycles. The number of imidazole rings is 1. The van der Waals surface area contributed by atoms with Gasteiger partial charge in [0, 0.05) is 7.05 Å². The van der Waals surface area contributed by atoms with Gasteiger partial charge in [-0.2, -0.15) is 0 Å². The van der Waals surface area contributed by atoms with E-state index in [0.717, 1.165) is 16.9 Å². The summed E-state index contributed by atoms with van der Waals surface area (Å²) in [7, 11) is 1.91. The highest BCUT2D eigenvalue weighted by molar-refractivity contribution is 5.83. The zero-order valence-corrected chi connectivity index (χ0v) is 14.5. The maximum Gasteiger partial charge on any atom is 0.420 e. The molecule has 1 unspecified atom stereocenters. The number of para-hydroxylation sites is 4. The molecule has 0 bridgehead atoms. The van der Waals surface area contributed by atoms with Gasteiger partial charge in [-0.25, -0.2) is 9.78 Å². The number of amides is 1. The zero-order valence-electron chi connectivity index (χ0n) is 14.5. The molecule has 4 rings (SSSR count). The van der Waals surface area contributed by atoms with Gasteiger partial charge in [-0.15, -0.1) is 0 Å². The lowest BCUT2D eigenvalue weighted by Gasteiger charge is -2.13. The van der Waals surface area contributed by atoms with Crippen molar-refractivity contribution in [2.75, 3.05) is 0 Å². The molecule has 0 spiro atoms. The molecule has 0 aliphatic rings. The molecule has 0 saturated heterocycles. The summed E-state index contributed by atoms with van der Waals surface area (Å²) < 4.78 is 8.51. The Morgan fingerprint density at radius 1 is 1.15 bits per heavy atom. The van der Waals surface area contributed by atoms with Gasteiger partial charge < -0.3 is 14.3 Å². The first-order valence-electron chi connectivity index (χ1n) is 8.34. The van der Waals surface area contributed by atoms with Crippen molar-refractivity contribution in [3.8, 4) is 0 Å². The number of carbonyl (C=O) groups excluding carboxylic acids is 1. The molecule has 26 heavy (non-hydrogen) atoms. The van der Waals surface area contributed by atoms with Crippen LogP contribution >= 0.6 is 0 Å². The van der Waals surface area contributed by atoms with Crippen molar-refractivity contribution in [1.29, 1.82) is 0 Å². The standard InChI is InChI=1S/C19H18N4O3/c1-12(23-15-9-5-6-10-16(15)26-19(23)25)18(24)20-11-17-21-13-7-3-4-8-14(13)22(17)2/h3-10,12H,11H2,1-2H3,(H,20,24). The van der Waals surface area contributed by atoms with Crippen LogP contribution < -0.4 is 11.1 Å². The van der Waals surface area contributed by atoms with Crippen molar-refractivity contribution in [1.82, 2.24) is 19.4 Å². The fraction of sp³-hybridized carbons (Fsp3) is 0.211. The van der Waals surface area contributed by atoms with Crippen molar-refractivity contribution in [3.63, 3.8) is 0 Å². The fourth-order valence-electron chi connectivity index (χ4n) is 3.14. The molecule has 4 aromatic rings. The van der Waals surface area contributed by atoms with Crippen LogP contribution in [0.4, 0.5) is 0 Å². The van der Waals surface area contributed by atoms with Crippen LogP contribution in [0.25, 0.3) is 22.1 Å². The summed E-state index contributed by atoms with van der Waals surface area (Å²) in [6.45, 7) is 1.95. The number of carbonyl (C=O) groups is 1. The number of fused-ring (bicyclic) bond motifs is 2. The van der Waals surface area contributed by atoms with E-state index >= 15 is 0 Å². The number of hydrogen-bond donors (Lipinski definition) is 1. The molecule has 1 amide bonds. The smallest absolute Gasteiger partial charge is 0.408 e. The summed E-state index contributed by atoms with van der Waals surface area (Å²) in [6, 6.07) is 14.1. The number of nitrogens with zero attached hydrogens (tertiary/aromatic N) is 3. The summed E-state index contributed by atoms with van der Waals surface area (Å²) in [5.74, 6) is -0.0709. The second kappa shape index (κ2) is 6.18.